The van der Waals surface area contributed by atoms with E-state index in [1.807, 2.05) is 36.4 Å². The van der Waals surface area contributed by atoms with E-state index in [9.17, 15) is 5.11 Å². The summed E-state index contributed by atoms with van der Waals surface area (Å²) in [5, 5.41) is 10.3. The van der Waals surface area contributed by atoms with Gasteiger partial charge in [0.1, 0.15) is 5.75 Å². The Morgan fingerprint density at radius 1 is 1.14 bits per heavy atom. The molecule has 1 aromatic rings. The van der Waals surface area contributed by atoms with E-state index < -0.39 is 6.10 Å². The van der Waals surface area contributed by atoms with E-state index in [0.717, 1.165) is 30.9 Å². The zero-order valence-corrected chi connectivity index (χ0v) is 13.9. The highest BCUT2D eigenvalue weighted by molar-refractivity contribution is 5.28. The molecule has 1 aromatic carbocycles. The van der Waals surface area contributed by atoms with Gasteiger partial charge in [0, 0.05) is 19.6 Å². The molecule has 22 heavy (non-hydrogen) atoms. The summed E-state index contributed by atoms with van der Waals surface area (Å²) in [6.45, 7) is 14.9. The number of aliphatic hydroxyl groups is 1. The molecule has 3 nitrogen and oxygen atoms in total. The third kappa shape index (κ3) is 6.92. The molecule has 1 N–H and O–H groups in total. The minimum atomic E-state index is -0.462. The highest BCUT2D eigenvalue weighted by atomic mass is 16.5. The quantitative estimate of drug-likeness (QED) is 0.631. The Kier molecular flexibility index (Phi) is 8.56. The van der Waals surface area contributed by atoms with Crippen LogP contribution in [-0.2, 0) is 0 Å². The number of ether oxygens (including phenoxy) is 1. The molecular weight excluding hydrogens is 274 g/mol. The summed E-state index contributed by atoms with van der Waals surface area (Å²) < 4.78 is 5.65. The van der Waals surface area contributed by atoms with Crippen LogP contribution in [0, 0.1) is 5.92 Å². The fraction of sp³-hybridized carbons (Fsp3) is 0.474. The Labute approximate surface area is 134 Å². The zero-order valence-electron chi connectivity index (χ0n) is 13.9. The van der Waals surface area contributed by atoms with Crippen LogP contribution in [0.2, 0.25) is 0 Å². The predicted molar refractivity (Wildman–Crippen MR) is 93.2 cm³/mol. The van der Waals surface area contributed by atoms with Gasteiger partial charge in [-0.15, -0.1) is 13.2 Å². The molecule has 0 aliphatic carbocycles. The number of aliphatic hydroxyl groups excluding tert-OH is 1. The molecule has 1 atom stereocenters. The van der Waals surface area contributed by atoms with E-state index in [4.69, 9.17) is 4.74 Å². The Morgan fingerprint density at radius 3 is 2.23 bits per heavy atom. The van der Waals surface area contributed by atoms with Crippen molar-refractivity contribution >= 4 is 0 Å². The summed E-state index contributed by atoms with van der Waals surface area (Å²) in [6.07, 6.45) is 3.97. The second-order valence-corrected chi connectivity index (χ2v) is 5.92. The first kappa shape index (κ1) is 18.5. The molecule has 1 rings (SSSR count). The van der Waals surface area contributed by atoms with Crippen LogP contribution in [-0.4, -0.2) is 36.2 Å². The summed E-state index contributed by atoms with van der Waals surface area (Å²) in [7, 11) is 0. The molecular formula is C19H29NO2. The van der Waals surface area contributed by atoms with Crippen molar-refractivity contribution in [3.63, 3.8) is 0 Å². The second kappa shape index (κ2) is 10.2. The van der Waals surface area contributed by atoms with Gasteiger partial charge in [-0.3, -0.25) is 4.90 Å². The molecule has 0 spiro atoms. The highest BCUT2D eigenvalue weighted by Crippen LogP contribution is 2.21. The standard InChI is InChI=1S/C19H29NO2/c1-5-12-20(13-6-2)14-11-19(21)17-7-9-18(10-8-17)22-15-16(3)4/h5-10,16,19,21H,1-2,11-15H2,3-4H3. The van der Waals surface area contributed by atoms with Gasteiger partial charge in [-0.25, -0.2) is 0 Å². The fourth-order valence-electron chi connectivity index (χ4n) is 2.14. The molecule has 1 unspecified atom stereocenters. The van der Waals surface area contributed by atoms with Crippen LogP contribution in [0.5, 0.6) is 5.75 Å². The molecule has 0 fully saturated rings. The van der Waals surface area contributed by atoms with E-state index in [1.54, 1.807) is 0 Å². The summed E-state index contributed by atoms with van der Waals surface area (Å²) in [5.41, 5.74) is 0.925. The smallest absolute Gasteiger partial charge is 0.119 e. The summed E-state index contributed by atoms with van der Waals surface area (Å²) in [5.74, 6) is 1.36. The largest absolute Gasteiger partial charge is 0.493 e. The molecule has 122 valence electrons. The number of rotatable bonds is 11. The fourth-order valence-corrected chi connectivity index (χ4v) is 2.14. The minimum absolute atomic E-state index is 0.462. The molecule has 0 aliphatic heterocycles. The van der Waals surface area contributed by atoms with E-state index in [0.29, 0.717) is 18.9 Å². The van der Waals surface area contributed by atoms with E-state index in [-0.39, 0.29) is 0 Å². The molecule has 0 aromatic heterocycles. The maximum Gasteiger partial charge on any atom is 0.119 e. The lowest BCUT2D eigenvalue weighted by atomic mass is 10.1. The lowest BCUT2D eigenvalue weighted by Crippen LogP contribution is -2.26. The average molecular weight is 303 g/mol. The average Bonchev–Trinajstić information content (AvgIpc) is 2.51. The SMILES string of the molecule is C=CCN(CC=C)CCC(O)c1ccc(OCC(C)C)cc1. The molecule has 0 aliphatic rings. The van der Waals surface area contributed by atoms with Crippen LogP contribution in [0.1, 0.15) is 31.9 Å². The highest BCUT2D eigenvalue weighted by Gasteiger charge is 2.10. The maximum atomic E-state index is 10.3. The third-order valence-electron chi connectivity index (χ3n) is 3.34. The second-order valence-electron chi connectivity index (χ2n) is 5.92. The normalized spacial score (nSPS) is 12.4. The zero-order chi connectivity index (χ0) is 16.4. The number of hydrogen-bond donors (Lipinski definition) is 1. The lowest BCUT2D eigenvalue weighted by molar-refractivity contribution is 0.148. The van der Waals surface area contributed by atoms with Crippen LogP contribution >= 0.6 is 0 Å². The minimum Gasteiger partial charge on any atom is -0.493 e. The van der Waals surface area contributed by atoms with E-state index in [2.05, 4.69) is 31.9 Å². The Morgan fingerprint density at radius 2 is 1.73 bits per heavy atom. The van der Waals surface area contributed by atoms with Crippen molar-refractivity contribution in [2.45, 2.75) is 26.4 Å². The maximum absolute atomic E-state index is 10.3. The van der Waals surface area contributed by atoms with Crippen molar-refractivity contribution in [1.29, 1.82) is 0 Å². The first-order valence-corrected chi connectivity index (χ1v) is 7.91. The molecule has 0 bridgehead atoms. The molecule has 3 heteroatoms. The molecule has 0 radical (unpaired) electrons. The van der Waals surface area contributed by atoms with Gasteiger partial charge < -0.3 is 9.84 Å². The summed E-state index contributed by atoms with van der Waals surface area (Å²) in [4.78, 5) is 2.20. The van der Waals surface area contributed by atoms with Gasteiger partial charge in [0.15, 0.2) is 0 Å². The Hall–Kier alpha value is -1.58. The first-order chi connectivity index (χ1) is 10.6. The van der Waals surface area contributed by atoms with Crippen LogP contribution in [0.4, 0.5) is 0 Å². The van der Waals surface area contributed by atoms with Crippen LogP contribution in [0.25, 0.3) is 0 Å². The summed E-state index contributed by atoms with van der Waals surface area (Å²) in [6, 6.07) is 7.72. The van der Waals surface area contributed by atoms with Gasteiger partial charge in [-0.1, -0.05) is 38.1 Å². The van der Waals surface area contributed by atoms with Gasteiger partial charge in [0.05, 0.1) is 12.7 Å². The van der Waals surface area contributed by atoms with E-state index in [1.165, 1.54) is 0 Å². The van der Waals surface area contributed by atoms with Crippen molar-refractivity contribution in [2.75, 3.05) is 26.2 Å². The molecule has 0 saturated heterocycles. The van der Waals surface area contributed by atoms with Gasteiger partial charge in [-0.2, -0.15) is 0 Å². The topological polar surface area (TPSA) is 32.7 Å². The van der Waals surface area contributed by atoms with Gasteiger partial charge in [0.25, 0.3) is 0 Å². The van der Waals surface area contributed by atoms with E-state index >= 15 is 0 Å². The van der Waals surface area contributed by atoms with Gasteiger partial charge in [0.2, 0.25) is 0 Å². The predicted octanol–water partition coefficient (Wildman–Crippen LogP) is 3.82. The van der Waals surface area contributed by atoms with Gasteiger partial charge >= 0.3 is 0 Å². The van der Waals surface area contributed by atoms with Crippen molar-refractivity contribution < 1.29 is 9.84 Å². The number of benzene rings is 1. The van der Waals surface area contributed by atoms with Crippen LogP contribution in [0.15, 0.2) is 49.6 Å². The van der Waals surface area contributed by atoms with Crippen molar-refractivity contribution in [3.8, 4) is 5.75 Å². The molecule has 0 amide bonds. The van der Waals surface area contributed by atoms with Crippen molar-refractivity contribution in [3.05, 3.63) is 55.1 Å². The third-order valence-corrected chi connectivity index (χ3v) is 3.34. The van der Waals surface area contributed by atoms with Crippen LogP contribution < -0.4 is 4.74 Å². The monoisotopic (exact) mass is 303 g/mol. The number of nitrogens with zero attached hydrogens (tertiary/aromatic N) is 1. The summed E-state index contributed by atoms with van der Waals surface area (Å²) >= 11 is 0. The number of hydrogen-bond acceptors (Lipinski definition) is 3. The lowest BCUT2D eigenvalue weighted by Gasteiger charge is -2.21. The Bertz CT molecular complexity index is 429. The first-order valence-electron chi connectivity index (χ1n) is 7.91. The van der Waals surface area contributed by atoms with Gasteiger partial charge in [-0.05, 0) is 30.0 Å². The van der Waals surface area contributed by atoms with Crippen LogP contribution in [0.3, 0.4) is 0 Å². The van der Waals surface area contributed by atoms with Crippen molar-refractivity contribution in [2.24, 2.45) is 5.92 Å². The molecule has 0 saturated carbocycles. The van der Waals surface area contributed by atoms with Crippen molar-refractivity contribution in [1.82, 2.24) is 4.90 Å². The molecule has 0 heterocycles. The Balaban J connectivity index is 2.48.